The van der Waals surface area contributed by atoms with Crippen LogP contribution in [0.15, 0.2) is 81.3 Å². The Morgan fingerprint density at radius 2 is 1.60 bits per heavy atom. The summed E-state index contributed by atoms with van der Waals surface area (Å²) in [6, 6.07) is 19.9. The van der Waals surface area contributed by atoms with Crippen molar-refractivity contribution >= 4 is 43.2 Å². The second-order valence-corrected chi connectivity index (χ2v) is 10.3. The fourth-order valence-corrected chi connectivity index (χ4v) is 5.74. The fraction of sp³-hybridized carbons (Fsp3) is 0.0870. The van der Waals surface area contributed by atoms with Crippen molar-refractivity contribution in [3.63, 3.8) is 0 Å². The van der Waals surface area contributed by atoms with Crippen LogP contribution >= 0.6 is 23.1 Å². The van der Waals surface area contributed by atoms with Crippen molar-refractivity contribution in [3.8, 4) is 21.6 Å². The van der Waals surface area contributed by atoms with Crippen LogP contribution in [-0.4, -0.2) is 14.7 Å². The summed E-state index contributed by atoms with van der Waals surface area (Å²) in [5.41, 5.74) is 3.32. The van der Waals surface area contributed by atoms with Gasteiger partial charge in [0.25, 0.3) is 0 Å². The zero-order chi connectivity index (χ0) is 21.5. The third-order valence-electron chi connectivity index (χ3n) is 4.93. The van der Waals surface area contributed by atoms with E-state index in [9.17, 15) is 13.2 Å². The van der Waals surface area contributed by atoms with Gasteiger partial charge in [-0.05, 0) is 60.2 Å². The lowest BCUT2D eigenvalue weighted by atomic mass is 9.99. The fourth-order valence-electron chi connectivity index (χ4n) is 3.44. The molecule has 0 atom stereocenters. The number of rotatable bonds is 4. The lowest BCUT2D eigenvalue weighted by molar-refractivity contribution is 0.598. The van der Waals surface area contributed by atoms with E-state index >= 15 is 0 Å². The molecule has 0 unspecified atom stereocenters. The molecule has 3 aromatic carbocycles. The predicted octanol–water partition coefficient (Wildman–Crippen LogP) is 5.27. The zero-order valence-electron chi connectivity index (χ0n) is 16.4. The Balaban J connectivity index is 2.02. The van der Waals surface area contributed by atoms with Crippen LogP contribution in [0.2, 0.25) is 0 Å². The summed E-state index contributed by atoms with van der Waals surface area (Å²) in [5.74, 6) is 0. The van der Waals surface area contributed by atoms with Crippen LogP contribution < -0.4 is 10.6 Å². The first kappa shape index (κ1) is 20.8. The topological polar surface area (TPSA) is 77.2 Å². The lowest BCUT2D eigenvalue weighted by Gasteiger charge is -2.13. The number of benzene rings is 3. The number of hydrogen-bond donors (Lipinski definition) is 1. The molecule has 0 aliphatic heterocycles. The van der Waals surface area contributed by atoms with Gasteiger partial charge in [-0.1, -0.05) is 36.4 Å². The van der Waals surface area contributed by atoms with Gasteiger partial charge in [-0.25, -0.2) is 13.6 Å². The number of fused-ring (bicyclic) bond motifs is 1. The van der Waals surface area contributed by atoms with E-state index in [0.717, 1.165) is 31.2 Å². The van der Waals surface area contributed by atoms with Crippen molar-refractivity contribution < 1.29 is 8.42 Å². The Bertz CT molecular complexity index is 1420. The maximum atomic E-state index is 13.5. The summed E-state index contributed by atoms with van der Waals surface area (Å²) in [5, 5.41) is 5.91. The van der Waals surface area contributed by atoms with Crippen molar-refractivity contribution in [2.24, 2.45) is 5.14 Å². The molecule has 1 heterocycles. The summed E-state index contributed by atoms with van der Waals surface area (Å²) >= 11 is 3.19. The monoisotopic (exact) mass is 453 g/mol. The molecule has 0 saturated carbocycles. The van der Waals surface area contributed by atoms with Crippen molar-refractivity contribution in [1.29, 1.82) is 0 Å². The normalized spacial score (nSPS) is 11.7. The van der Waals surface area contributed by atoms with Crippen molar-refractivity contribution in [3.05, 3.63) is 82.5 Å². The highest BCUT2D eigenvalue weighted by Gasteiger charge is 2.17. The first-order chi connectivity index (χ1) is 14.3. The molecule has 1 aromatic heterocycles. The minimum atomic E-state index is -3.78. The third-order valence-corrected chi connectivity index (χ3v) is 7.97. The van der Waals surface area contributed by atoms with E-state index in [2.05, 4.69) is 0 Å². The Labute approximate surface area is 183 Å². The SMILES string of the molecule is CSc1ccc(-c2c(-c3ccc(S(N)(=O)=O)cc3)sc3ccccc3c2=O)cc1C. The molecule has 0 aliphatic rings. The van der Waals surface area contributed by atoms with Gasteiger partial charge in [0.1, 0.15) is 0 Å². The van der Waals surface area contributed by atoms with Gasteiger partial charge in [0.05, 0.1) is 4.90 Å². The molecule has 0 bridgehead atoms. The summed E-state index contributed by atoms with van der Waals surface area (Å²) in [4.78, 5) is 15.5. The minimum absolute atomic E-state index is 0.0359. The molecule has 0 saturated heterocycles. The molecule has 0 aliphatic carbocycles. The maximum Gasteiger partial charge on any atom is 0.238 e. The Hall–Kier alpha value is -2.45. The number of primary sulfonamides is 1. The van der Waals surface area contributed by atoms with Crippen LogP contribution in [0, 0.1) is 6.92 Å². The highest BCUT2D eigenvalue weighted by atomic mass is 32.2. The summed E-state index contributed by atoms with van der Waals surface area (Å²) < 4.78 is 24.1. The molecular formula is C23H19NO3S3. The van der Waals surface area contributed by atoms with Gasteiger partial charge >= 0.3 is 0 Å². The average molecular weight is 454 g/mol. The average Bonchev–Trinajstić information content (AvgIpc) is 2.73. The van der Waals surface area contributed by atoms with Gasteiger partial charge in [0.2, 0.25) is 10.0 Å². The van der Waals surface area contributed by atoms with E-state index in [1.54, 1.807) is 23.9 Å². The Morgan fingerprint density at radius 3 is 2.23 bits per heavy atom. The lowest BCUT2D eigenvalue weighted by Crippen LogP contribution is -2.11. The predicted molar refractivity (Wildman–Crippen MR) is 127 cm³/mol. The van der Waals surface area contributed by atoms with Crippen LogP contribution in [0.4, 0.5) is 0 Å². The molecule has 4 nitrogen and oxygen atoms in total. The quantitative estimate of drug-likeness (QED) is 0.427. The van der Waals surface area contributed by atoms with E-state index in [4.69, 9.17) is 5.14 Å². The number of nitrogens with two attached hydrogens (primary N) is 1. The van der Waals surface area contributed by atoms with Crippen LogP contribution in [0.25, 0.3) is 31.7 Å². The van der Waals surface area contributed by atoms with Gasteiger partial charge in [-0.15, -0.1) is 23.1 Å². The number of thioether (sulfide) groups is 1. The van der Waals surface area contributed by atoms with Gasteiger partial charge in [0, 0.05) is 25.4 Å². The summed E-state index contributed by atoms with van der Waals surface area (Å²) in [6.45, 7) is 2.03. The molecule has 0 spiro atoms. The molecule has 4 rings (SSSR count). The summed E-state index contributed by atoms with van der Waals surface area (Å²) in [7, 11) is -3.78. The largest absolute Gasteiger partial charge is 0.288 e. The van der Waals surface area contributed by atoms with Crippen LogP contribution in [0.1, 0.15) is 5.56 Å². The van der Waals surface area contributed by atoms with Crippen LogP contribution in [0.3, 0.4) is 0 Å². The van der Waals surface area contributed by atoms with E-state index in [0.29, 0.717) is 10.9 Å². The maximum absolute atomic E-state index is 13.5. The van der Waals surface area contributed by atoms with Gasteiger partial charge in [-0.2, -0.15) is 0 Å². The van der Waals surface area contributed by atoms with Crippen LogP contribution in [0.5, 0.6) is 0 Å². The van der Waals surface area contributed by atoms with Gasteiger partial charge in [0.15, 0.2) is 5.43 Å². The zero-order valence-corrected chi connectivity index (χ0v) is 18.8. The standard InChI is InChI=1S/C23H19NO3S3/c1-14-13-16(9-12-19(14)28-2)21-22(25)18-5-3-4-6-20(18)29-23(21)15-7-10-17(11-8-15)30(24,26)27/h3-13H,1-2H3,(H2,24,26,27). The van der Waals surface area contributed by atoms with E-state index in [-0.39, 0.29) is 10.3 Å². The Morgan fingerprint density at radius 1 is 0.933 bits per heavy atom. The molecular weight excluding hydrogens is 434 g/mol. The number of aryl methyl sites for hydroxylation is 1. The molecule has 0 radical (unpaired) electrons. The van der Waals surface area contributed by atoms with Crippen LogP contribution in [-0.2, 0) is 10.0 Å². The molecule has 7 heteroatoms. The third kappa shape index (κ3) is 3.81. The van der Waals surface area contributed by atoms with Gasteiger partial charge in [-0.3, -0.25) is 4.79 Å². The second kappa shape index (κ2) is 8.00. The molecule has 30 heavy (non-hydrogen) atoms. The Kier molecular flexibility index (Phi) is 5.55. The first-order valence-electron chi connectivity index (χ1n) is 9.13. The number of hydrogen-bond acceptors (Lipinski definition) is 5. The highest BCUT2D eigenvalue weighted by Crippen LogP contribution is 2.38. The highest BCUT2D eigenvalue weighted by molar-refractivity contribution is 7.98. The molecule has 2 N–H and O–H groups in total. The van der Waals surface area contributed by atoms with Crippen molar-refractivity contribution in [2.45, 2.75) is 16.7 Å². The first-order valence-corrected chi connectivity index (χ1v) is 12.7. The second-order valence-electron chi connectivity index (χ2n) is 6.89. The molecule has 152 valence electrons. The smallest absolute Gasteiger partial charge is 0.238 e. The minimum Gasteiger partial charge on any atom is -0.288 e. The van der Waals surface area contributed by atoms with E-state index < -0.39 is 10.0 Å². The van der Waals surface area contributed by atoms with E-state index in [1.165, 1.54) is 23.5 Å². The van der Waals surface area contributed by atoms with Crippen molar-refractivity contribution in [2.75, 3.05) is 6.26 Å². The number of sulfonamides is 1. The molecule has 0 amide bonds. The summed E-state index contributed by atoms with van der Waals surface area (Å²) in [6.07, 6.45) is 2.03. The van der Waals surface area contributed by atoms with Crippen molar-refractivity contribution in [1.82, 2.24) is 0 Å². The molecule has 4 aromatic rings. The molecule has 0 fully saturated rings. The van der Waals surface area contributed by atoms with Gasteiger partial charge < -0.3 is 0 Å². The van der Waals surface area contributed by atoms with E-state index in [1.807, 2.05) is 55.6 Å².